The van der Waals surface area contributed by atoms with Gasteiger partial charge < -0.3 is 26.0 Å². The van der Waals surface area contributed by atoms with Crippen LogP contribution in [0.1, 0.15) is 41.6 Å². The van der Waals surface area contributed by atoms with Crippen molar-refractivity contribution in [2.45, 2.75) is 44.4 Å². The standard InChI is InChI=1S/C20H30N4O3.2ClH/c21-13-17-7-8-18(27-17)20(26)23-14-15-3-5-16(6-4-15)19(25)22-9-12-24-10-1-2-11-24;;/h3-6,17-18H,1-2,7-14,21H2,(H,22,25)(H,23,26);2*1H/t17-,18+;;/m1../s1. The summed E-state index contributed by atoms with van der Waals surface area (Å²) < 4.78 is 5.59. The molecule has 2 heterocycles. The number of benzene rings is 1. The number of rotatable bonds is 8. The van der Waals surface area contributed by atoms with Crippen LogP contribution in [0.3, 0.4) is 0 Å². The number of ether oxygens (including phenoxy) is 1. The maximum Gasteiger partial charge on any atom is 0.251 e. The number of halogens is 2. The molecule has 29 heavy (non-hydrogen) atoms. The molecule has 0 radical (unpaired) electrons. The molecule has 2 atom stereocenters. The van der Waals surface area contributed by atoms with E-state index in [1.807, 2.05) is 12.1 Å². The molecule has 1 aromatic carbocycles. The van der Waals surface area contributed by atoms with Crippen molar-refractivity contribution < 1.29 is 14.3 Å². The lowest BCUT2D eigenvalue weighted by molar-refractivity contribution is -0.132. The van der Waals surface area contributed by atoms with E-state index < -0.39 is 6.10 Å². The van der Waals surface area contributed by atoms with Crippen molar-refractivity contribution in [3.63, 3.8) is 0 Å². The highest BCUT2D eigenvalue weighted by atomic mass is 35.5. The third-order valence-electron chi connectivity index (χ3n) is 5.26. The average molecular weight is 447 g/mol. The van der Waals surface area contributed by atoms with Crippen molar-refractivity contribution in [3.05, 3.63) is 35.4 Å². The number of nitrogens with zero attached hydrogens (tertiary/aromatic N) is 1. The predicted molar refractivity (Wildman–Crippen MR) is 118 cm³/mol. The summed E-state index contributed by atoms with van der Waals surface area (Å²) in [4.78, 5) is 26.7. The van der Waals surface area contributed by atoms with E-state index in [-0.39, 0.29) is 42.7 Å². The van der Waals surface area contributed by atoms with E-state index in [9.17, 15) is 9.59 Å². The zero-order chi connectivity index (χ0) is 19.1. The van der Waals surface area contributed by atoms with Crippen molar-refractivity contribution in [3.8, 4) is 0 Å². The molecule has 0 aromatic heterocycles. The van der Waals surface area contributed by atoms with Crippen LogP contribution in [0, 0.1) is 0 Å². The molecule has 2 amide bonds. The topological polar surface area (TPSA) is 96.7 Å². The van der Waals surface area contributed by atoms with Gasteiger partial charge in [-0.15, -0.1) is 24.8 Å². The summed E-state index contributed by atoms with van der Waals surface area (Å²) in [6, 6.07) is 7.33. The number of hydrogen-bond donors (Lipinski definition) is 3. The van der Waals surface area contributed by atoms with Crippen LogP contribution in [0.4, 0.5) is 0 Å². The Bertz CT molecular complexity index is 639. The first-order valence-electron chi connectivity index (χ1n) is 9.88. The van der Waals surface area contributed by atoms with Gasteiger partial charge in [0.15, 0.2) is 0 Å². The summed E-state index contributed by atoms with van der Waals surface area (Å²) in [6.45, 7) is 4.71. The molecule has 9 heteroatoms. The molecule has 0 spiro atoms. The summed E-state index contributed by atoms with van der Waals surface area (Å²) in [5.41, 5.74) is 7.15. The van der Waals surface area contributed by atoms with Crippen LogP contribution in [0.2, 0.25) is 0 Å². The first-order chi connectivity index (χ1) is 13.2. The molecule has 0 aliphatic carbocycles. The van der Waals surface area contributed by atoms with E-state index in [2.05, 4.69) is 15.5 Å². The molecule has 2 aliphatic heterocycles. The van der Waals surface area contributed by atoms with Crippen LogP contribution in [0.25, 0.3) is 0 Å². The fourth-order valence-corrected chi connectivity index (χ4v) is 3.58. The number of carbonyl (C=O) groups is 2. The van der Waals surface area contributed by atoms with Gasteiger partial charge in [-0.05, 0) is 56.5 Å². The monoisotopic (exact) mass is 446 g/mol. The van der Waals surface area contributed by atoms with Gasteiger partial charge in [0.25, 0.3) is 5.91 Å². The first-order valence-corrected chi connectivity index (χ1v) is 9.88. The molecule has 2 saturated heterocycles. The van der Waals surface area contributed by atoms with Gasteiger partial charge in [-0.3, -0.25) is 9.59 Å². The van der Waals surface area contributed by atoms with Gasteiger partial charge >= 0.3 is 0 Å². The Morgan fingerprint density at radius 3 is 2.38 bits per heavy atom. The molecule has 0 unspecified atom stereocenters. The molecule has 0 saturated carbocycles. The first kappa shape index (κ1) is 25.7. The molecule has 164 valence electrons. The van der Waals surface area contributed by atoms with Gasteiger partial charge in [-0.1, -0.05) is 12.1 Å². The van der Waals surface area contributed by atoms with E-state index >= 15 is 0 Å². The van der Waals surface area contributed by atoms with E-state index in [4.69, 9.17) is 10.5 Å². The van der Waals surface area contributed by atoms with Crippen LogP contribution < -0.4 is 16.4 Å². The van der Waals surface area contributed by atoms with Gasteiger partial charge in [0.05, 0.1) is 6.10 Å². The number of hydrogen-bond acceptors (Lipinski definition) is 5. The van der Waals surface area contributed by atoms with Crippen LogP contribution in [0.15, 0.2) is 24.3 Å². The van der Waals surface area contributed by atoms with Crippen LogP contribution in [0.5, 0.6) is 0 Å². The summed E-state index contributed by atoms with van der Waals surface area (Å²) in [5.74, 6) is -0.161. The number of nitrogens with one attached hydrogen (secondary N) is 2. The van der Waals surface area contributed by atoms with Gasteiger partial charge in [-0.25, -0.2) is 0 Å². The van der Waals surface area contributed by atoms with Crippen molar-refractivity contribution in [1.82, 2.24) is 15.5 Å². The summed E-state index contributed by atoms with van der Waals surface area (Å²) in [6.07, 6.45) is 3.64. The fraction of sp³-hybridized carbons (Fsp3) is 0.600. The highest BCUT2D eigenvalue weighted by molar-refractivity contribution is 5.94. The van der Waals surface area contributed by atoms with Gasteiger partial charge in [0.1, 0.15) is 6.10 Å². The number of likely N-dealkylation sites (tertiary alicyclic amines) is 1. The highest BCUT2D eigenvalue weighted by Gasteiger charge is 2.29. The van der Waals surface area contributed by atoms with Crippen molar-refractivity contribution in [2.24, 2.45) is 5.73 Å². The zero-order valence-corrected chi connectivity index (χ0v) is 18.2. The Balaban J connectivity index is 0.00000210. The summed E-state index contributed by atoms with van der Waals surface area (Å²) >= 11 is 0. The van der Waals surface area contributed by atoms with Crippen LogP contribution in [-0.2, 0) is 16.1 Å². The summed E-state index contributed by atoms with van der Waals surface area (Å²) in [7, 11) is 0. The average Bonchev–Trinajstić information content (AvgIpc) is 3.38. The van der Waals surface area contributed by atoms with Crippen molar-refractivity contribution in [1.29, 1.82) is 0 Å². The van der Waals surface area contributed by atoms with Gasteiger partial charge in [0.2, 0.25) is 5.91 Å². The Morgan fingerprint density at radius 2 is 1.76 bits per heavy atom. The lowest BCUT2D eigenvalue weighted by Crippen LogP contribution is -2.35. The van der Waals surface area contributed by atoms with E-state index in [0.717, 1.165) is 31.6 Å². The third kappa shape index (κ3) is 7.75. The minimum atomic E-state index is -0.404. The minimum absolute atomic E-state index is 0. The fourth-order valence-electron chi connectivity index (χ4n) is 3.58. The zero-order valence-electron chi connectivity index (χ0n) is 16.6. The molecule has 1 aromatic rings. The lowest BCUT2D eigenvalue weighted by Gasteiger charge is -2.15. The Morgan fingerprint density at radius 1 is 1.07 bits per heavy atom. The lowest BCUT2D eigenvalue weighted by atomic mass is 10.1. The van der Waals surface area contributed by atoms with Crippen LogP contribution in [-0.4, -0.2) is 61.6 Å². The Hall–Kier alpha value is -1.38. The number of nitrogens with two attached hydrogens (primary N) is 1. The normalized spacial score (nSPS) is 21.1. The molecule has 3 rings (SSSR count). The van der Waals surface area contributed by atoms with Gasteiger partial charge in [-0.2, -0.15) is 0 Å². The maximum absolute atomic E-state index is 12.2. The Labute approximate surface area is 184 Å². The highest BCUT2D eigenvalue weighted by Crippen LogP contribution is 2.19. The Kier molecular flexibility index (Phi) is 11.5. The van der Waals surface area contributed by atoms with E-state index in [1.165, 1.54) is 12.8 Å². The third-order valence-corrected chi connectivity index (χ3v) is 5.26. The molecule has 2 aliphatic rings. The second kappa shape index (κ2) is 13.0. The van der Waals surface area contributed by atoms with Crippen molar-refractivity contribution in [2.75, 3.05) is 32.7 Å². The minimum Gasteiger partial charge on any atom is -0.364 e. The largest absolute Gasteiger partial charge is 0.364 e. The number of carbonyl (C=O) groups excluding carboxylic acids is 2. The van der Waals surface area contributed by atoms with E-state index in [0.29, 0.717) is 31.6 Å². The van der Waals surface area contributed by atoms with Gasteiger partial charge in [0, 0.05) is 31.7 Å². The van der Waals surface area contributed by atoms with Crippen LogP contribution >= 0.6 is 24.8 Å². The second-order valence-corrected chi connectivity index (χ2v) is 7.28. The SMILES string of the molecule is Cl.Cl.NC[C@H]1CC[C@@H](C(=O)NCc2ccc(C(=O)NCCN3CCCC3)cc2)O1. The molecule has 4 N–H and O–H groups in total. The maximum atomic E-state index is 12.2. The van der Waals surface area contributed by atoms with Crippen molar-refractivity contribution >= 4 is 36.6 Å². The molecule has 2 fully saturated rings. The second-order valence-electron chi connectivity index (χ2n) is 7.28. The number of amides is 2. The molecule has 7 nitrogen and oxygen atoms in total. The molecular weight excluding hydrogens is 415 g/mol. The quantitative estimate of drug-likeness (QED) is 0.561. The van der Waals surface area contributed by atoms with E-state index in [1.54, 1.807) is 12.1 Å². The molecule has 0 bridgehead atoms. The smallest absolute Gasteiger partial charge is 0.251 e. The molecular formula is C20H32Cl2N4O3. The summed E-state index contributed by atoms with van der Waals surface area (Å²) in [5, 5.41) is 5.85. The predicted octanol–water partition coefficient (Wildman–Crippen LogP) is 1.48.